The lowest BCUT2D eigenvalue weighted by Crippen LogP contribution is -2.21. The van der Waals surface area contributed by atoms with Crippen LogP contribution in [0.1, 0.15) is 41.0 Å². The molecule has 2 aromatic heterocycles. The van der Waals surface area contributed by atoms with Gasteiger partial charge in [0.1, 0.15) is 11.2 Å². The second kappa shape index (κ2) is 7.20. The first-order valence-corrected chi connectivity index (χ1v) is 8.93. The minimum atomic E-state index is -0.561. The van der Waals surface area contributed by atoms with Gasteiger partial charge in [0.2, 0.25) is 5.43 Å². The Kier molecular flexibility index (Phi) is 4.98. The third-order valence-electron chi connectivity index (χ3n) is 4.85. The monoisotopic (exact) mass is 352 g/mol. The van der Waals surface area contributed by atoms with Gasteiger partial charge in [-0.05, 0) is 38.8 Å². The number of aryl methyl sites for hydroxylation is 2. The normalized spacial score (nSPS) is 11.1. The maximum atomic E-state index is 13.0. The molecule has 0 radical (unpaired) electrons. The van der Waals surface area contributed by atoms with E-state index in [1.807, 2.05) is 43.5 Å². The second-order valence-corrected chi connectivity index (χ2v) is 6.36. The molecule has 0 unspecified atom stereocenters. The molecule has 5 nitrogen and oxygen atoms in total. The highest BCUT2D eigenvalue weighted by molar-refractivity contribution is 5.94. The van der Waals surface area contributed by atoms with Gasteiger partial charge in [0.25, 0.3) is 0 Å². The standard InChI is InChI=1S/C21H24N2O3/c1-5-22-13-17(21(25)26-6-2)19(24)18-14(3)15(4)23(20(18)22)12-16-10-8-7-9-11-16/h7-11,13H,5-6,12H2,1-4H3. The molecule has 0 aliphatic carbocycles. The Balaban J connectivity index is 2.28. The minimum absolute atomic E-state index is 0.0983. The fourth-order valence-electron chi connectivity index (χ4n) is 3.38. The number of ether oxygens (including phenoxy) is 1. The summed E-state index contributed by atoms with van der Waals surface area (Å²) in [6, 6.07) is 10.1. The van der Waals surface area contributed by atoms with Crippen LogP contribution in [0.15, 0.2) is 41.3 Å². The number of esters is 1. The van der Waals surface area contributed by atoms with Crippen molar-refractivity contribution in [2.24, 2.45) is 0 Å². The minimum Gasteiger partial charge on any atom is -0.462 e. The van der Waals surface area contributed by atoms with Gasteiger partial charge in [-0.15, -0.1) is 0 Å². The van der Waals surface area contributed by atoms with Crippen molar-refractivity contribution in [3.63, 3.8) is 0 Å². The van der Waals surface area contributed by atoms with Crippen LogP contribution in [0.25, 0.3) is 11.0 Å². The Morgan fingerprint density at radius 3 is 2.42 bits per heavy atom. The molecule has 2 heterocycles. The number of carbonyl (C=O) groups excluding carboxylic acids is 1. The summed E-state index contributed by atoms with van der Waals surface area (Å²) in [6.07, 6.45) is 1.63. The average Bonchev–Trinajstić information content (AvgIpc) is 2.89. The number of rotatable bonds is 5. The zero-order chi connectivity index (χ0) is 18.8. The third-order valence-corrected chi connectivity index (χ3v) is 4.85. The number of hydrogen-bond acceptors (Lipinski definition) is 3. The lowest BCUT2D eigenvalue weighted by atomic mass is 10.1. The van der Waals surface area contributed by atoms with Crippen molar-refractivity contribution in [3.8, 4) is 0 Å². The highest BCUT2D eigenvalue weighted by Crippen LogP contribution is 2.25. The van der Waals surface area contributed by atoms with Crippen LogP contribution >= 0.6 is 0 Å². The maximum absolute atomic E-state index is 13.0. The van der Waals surface area contributed by atoms with Gasteiger partial charge in [-0.2, -0.15) is 0 Å². The van der Waals surface area contributed by atoms with Gasteiger partial charge >= 0.3 is 5.97 Å². The summed E-state index contributed by atoms with van der Waals surface area (Å²) in [5.74, 6) is -0.561. The van der Waals surface area contributed by atoms with Crippen molar-refractivity contribution in [2.75, 3.05) is 6.61 Å². The Hall–Kier alpha value is -2.82. The van der Waals surface area contributed by atoms with E-state index in [0.717, 1.165) is 22.5 Å². The topological polar surface area (TPSA) is 53.2 Å². The Labute approximate surface area is 152 Å². The highest BCUT2D eigenvalue weighted by atomic mass is 16.5. The first kappa shape index (κ1) is 18.0. The molecule has 0 spiro atoms. The molecule has 0 saturated heterocycles. The maximum Gasteiger partial charge on any atom is 0.343 e. The summed E-state index contributed by atoms with van der Waals surface area (Å²) in [5.41, 5.74) is 3.80. The summed E-state index contributed by atoms with van der Waals surface area (Å²) >= 11 is 0. The van der Waals surface area contributed by atoms with Gasteiger partial charge < -0.3 is 13.9 Å². The molecule has 5 heteroatoms. The number of fused-ring (bicyclic) bond motifs is 1. The van der Waals surface area contributed by atoms with Crippen LogP contribution in [-0.4, -0.2) is 21.7 Å². The van der Waals surface area contributed by atoms with E-state index in [2.05, 4.69) is 16.7 Å². The summed E-state index contributed by atoms with van der Waals surface area (Å²) in [4.78, 5) is 25.3. The molecular formula is C21H24N2O3. The summed E-state index contributed by atoms with van der Waals surface area (Å²) in [6.45, 7) is 9.27. The molecule has 0 saturated carbocycles. The number of aromatic nitrogens is 2. The van der Waals surface area contributed by atoms with Gasteiger partial charge in [-0.3, -0.25) is 4.79 Å². The van der Waals surface area contributed by atoms with E-state index in [9.17, 15) is 9.59 Å². The van der Waals surface area contributed by atoms with Crippen molar-refractivity contribution in [1.82, 2.24) is 9.13 Å². The molecule has 0 amide bonds. The number of nitrogens with zero attached hydrogens (tertiary/aromatic N) is 2. The van der Waals surface area contributed by atoms with Crippen molar-refractivity contribution in [1.29, 1.82) is 0 Å². The van der Waals surface area contributed by atoms with E-state index in [1.54, 1.807) is 13.1 Å². The smallest absolute Gasteiger partial charge is 0.343 e. The Morgan fingerprint density at radius 1 is 1.12 bits per heavy atom. The molecule has 136 valence electrons. The predicted molar refractivity (Wildman–Crippen MR) is 103 cm³/mol. The van der Waals surface area contributed by atoms with Crippen LogP contribution in [0.4, 0.5) is 0 Å². The van der Waals surface area contributed by atoms with E-state index in [-0.39, 0.29) is 17.6 Å². The highest BCUT2D eigenvalue weighted by Gasteiger charge is 2.22. The SMILES string of the molecule is CCOC(=O)c1cn(CC)c2c(c(C)c(C)n2Cc2ccccc2)c1=O. The molecule has 0 N–H and O–H groups in total. The zero-order valence-electron chi connectivity index (χ0n) is 15.7. The van der Waals surface area contributed by atoms with Crippen LogP contribution in [0.5, 0.6) is 0 Å². The van der Waals surface area contributed by atoms with Gasteiger partial charge in [-0.25, -0.2) is 4.79 Å². The Morgan fingerprint density at radius 2 is 1.81 bits per heavy atom. The molecule has 0 bridgehead atoms. The van der Waals surface area contributed by atoms with Gasteiger partial charge in [0, 0.05) is 25.0 Å². The molecule has 3 rings (SSSR count). The van der Waals surface area contributed by atoms with Gasteiger partial charge in [0.15, 0.2) is 0 Å². The van der Waals surface area contributed by atoms with E-state index in [4.69, 9.17) is 4.74 Å². The van der Waals surface area contributed by atoms with E-state index in [0.29, 0.717) is 18.5 Å². The van der Waals surface area contributed by atoms with Gasteiger partial charge in [-0.1, -0.05) is 30.3 Å². The van der Waals surface area contributed by atoms with Crippen molar-refractivity contribution < 1.29 is 9.53 Å². The lowest BCUT2D eigenvalue weighted by Gasteiger charge is -2.14. The number of hydrogen-bond donors (Lipinski definition) is 0. The van der Waals surface area contributed by atoms with Crippen LogP contribution in [0, 0.1) is 13.8 Å². The van der Waals surface area contributed by atoms with Crippen LogP contribution in [-0.2, 0) is 17.8 Å². The molecule has 0 aliphatic rings. The van der Waals surface area contributed by atoms with E-state index < -0.39 is 5.97 Å². The number of pyridine rings is 1. The van der Waals surface area contributed by atoms with Crippen LogP contribution < -0.4 is 5.43 Å². The number of carbonyl (C=O) groups is 1. The fourth-order valence-corrected chi connectivity index (χ4v) is 3.38. The zero-order valence-corrected chi connectivity index (χ0v) is 15.7. The first-order valence-electron chi connectivity index (χ1n) is 8.93. The lowest BCUT2D eigenvalue weighted by molar-refractivity contribution is 0.0524. The molecule has 0 atom stereocenters. The summed E-state index contributed by atoms with van der Waals surface area (Å²) in [5, 5.41) is 0.603. The molecule has 3 aromatic rings. The van der Waals surface area contributed by atoms with Crippen LogP contribution in [0.2, 0.25) is 0 Å². The average molecular weight is 352 g/mol. The quantitative estimate of drug-likeness (QED) is 0.659. The fraction of sp³-hybridized carbons (Fsp3) is 0.333. The van der Waals surface area contributed by atoms with Crippen LogP contribution in [0.3, 0.4) is 0 Å². The molecular weight excluding hydrogens is 328 g/mol. The number of benzene rings is 1. The van der Waals surface area contributed by atoms with Crippen molar-refractivity contribution in [3.05, 3.63) is 69.1 Å². The van der Waals surface area contributed by atoms with Crippen molar-refractivity contribution in [2.45, 2.75) is 40.8 Å². The first-order chi connectivity index (χ1) is 12.5. The Bertz CT molecular complexity index is 1010. The molecule has 0 aliphatic heterocycles. The van der Waals surface area contributed by atoms with E-state index >= 15 is 0 Å². The predicted octanol–water partition coefficient (Wildman–Crippen LogP) is 3.66. The van der Waals surface area contributed by atoms with E-state index in [1.165, 1.54) is 0 Å². The summed E-state index contributed by atoms with van der Waals surface area (Å²) < 4.78 is 9.19. The largest absolute Gasteiger partial charge is 0.462 e. The van der Waals surface area contributed by atoms with Crippen molar-refractivity contribution >= 4 is 17.0 Å². The summed E-state index contributed by atoms with van der Waals surface area (Å²) in [7, 11) is 0. The second-order valence-electron chi connectivity index (χ2n) is 6.36. The van der Waals surface area contributed by atoms with Gasteiger partial charge in [0.05, 0.1) is 12.0 Å². The molecule has 26 heavy (non-hydrogen) atoms. The molecule has 1 aromatic carbocycles. The third kappa shape index (κ3) is 2.94. The molecule has 0 fully saturated rings.